The molecule has 1 aromatic heterocycles. The van der Waals surface area contributed by atoms with Crippen LogP contribution in [0.2, 0.25) is 5.02 Å². The minimum absolute atomic E-state index is 0.0606. The van der Waals surface area contributed by atoms with Crippen LogP contribution in [0.25, 0.3) is 0 Å². The first-order chi connectivity index (χ1) is 11.6. The Balaban J connectivity index is 1.69. The predicted molar refractivity (Wildman–Crippen MR) is 90.9 cm³/mol. The molecule has 0 spiro atoms. The van der Waals surface area contributed by atoms with Crippen LogP contribution in [0.4, 0.5) is 10.2 Å². The highest BCUT2D eigenvalue weighted by Crippen LogP contribution is 2.21. The van der Waals surface area contributed by atoms with E-state index in [0.29, 0.717) is 54.7 Å². The lowest BCUT2D eigenvalue weighted by atomic mass is 10.2. The second-order valence-electron chi connectivity index (χ2n) is 5.60. The second-order valence-corrected chi connectivity index (χ2v) is 6.04. The zero-order chi connectivity index (χ0) is 17.1. The van der Waals surface area contributed by atoms with Crippen molar-refractivity contribution in [3.05, 3.63) is 52.7 Å². The summed E-state index contributed by atoms with van der Waals surface area (Å²) in [4.78, 5) is 24.1. The molecule has 1 aliphatic heterocycles. The molecule has 1 aliphatic rings. The smallest absolute Gasteiger partial charge is 0.254 e. The van der Waals surface area contributed by atoms with Gasteiger partial charge in [-0.3, -0.25) is 4.79 Å². The minimum Gasteiger partial charge on any atom is -0.351 e. The van der Waals surface area contributed by atoms with Crippen molar-refractivity contribution in [3.63, 3.8) is 0 Å². The van der Waals surface area contributed by atoms with E-state index in [1.165, 1.54) is 6.33 Å². The summed E-state index contributed by atoms with van der Waals surface area (Å²) in [5.41, 5.74) is 0.981. The number of hydrogen-bond acceptors (Lipinski definition) is 4. The van der Waals surface area contributed by atoms with Crippen LogP contribution in [0.1, 0.15) is 23.0 Å². The first-order valence-electron chi connectivity index (χ1n) is 7.89. The van der Waals surface area contributed by atoms with Gasteiger partial charge in [0.1, 0.15) is 6.33 Å². The first kappa shape index (κ1) is 16.6. The Hall–Kier alpha value is -2.21. The van der Waals surface area contributed by atoms with Gasteiger partial charge in [0.2, 0.25) is 0 Å². The maximum absolute atomic E-state index is 14.4. The van der Waals surface area contributed by atoms with Crippen molar-refractivity contribution in [1.29, 1.82) is 0 Å². The molecule has 7 heteroatoms. The van der Waals surface area contributed by atoms with Gasteiger partial charge in [-0.15, -0.1) is 0 Å². The van der Waals surface area contributed by atoms with E-state index >= 15 is 0 Å². The minimum atomic E-state index is -0.366. The number of halogens is 2. The highest BCUT2D eigenvalue weighted by Gasteiger charge is 2.25. The van der Waals surface area contributed by atoms with Crippen LogP contribution in [0.5, 0.6) is 0 Å². The Kier molecular flexibility index (Phi) is 4.94. The van der Waals surface area contributed by atoms with E-state index in [9.17, 15) is 9.18 Å². The van der Waals surface area contributed by atoms with E-state index in [1.54, 1.807) is 29.2 Å². The number of aryl methyl sites for hydroxylation is 1. The lowest BCUT2D eigenvalue weighted by Gasteiger charge is -2.35. The Morgan fingerprint density at radius 3 is 2.67 bits per heavy atom. The number of carbonyl (C=O) groups is 1. The molecule has 0 N–H and O–H groups in total. The van der Waals surface area contributed by atoms with Crippen molar-refractivity contribution in [2.24, 2.45) is 0 Å². The quantitative estimate of drug-likeness (QED) is 0.855. The summed E-state index contributed by atoms with van der Waals surface area (Å²) in [5.74, 6) is -0.110. The molecule has 5 nitrogen and oxygen atoms in total. The molecule has 0 atom stereocenters. The van der Waals surface area contributed by atoms with Gasteiger partial charge in [-0.2, -0.15) is 0 Å². The number of nitrogens with zero attached hydrogens (tertiary/aromatic N) is 4. The third kappa shape index (κ3) is 3.33. The third-order valence-corrected chi connectivity index (χ3v) is 4.35. The molecular formula is C17H18ClFN4O. The van der Waals surface area contributed by atoms with Crippen LogP contribution in [0.15, 0.2) is 30.6 Å². The number of aromatic nitrogens is 2. The largest absolute Gasteiger partial charge is 0.351 e. The zero-order valence-corrected chi connectivity index (χ0v) is 14.1. The van der Waals surface area contributed by atoms with Crippen molar-refractivity contribution >= 4 is 23.3 Å². The van der Waals surface area contributed by atoms with Crippen LogP contribution in [-0.2, 0) is 6.42 Å². The fraction of sp³-hybridized carbons (Fsp3) is 0.353. The van der Waals surface area contributed by atoms with Crippen LogP contribution < -0.4 is 4.90 Å². The van der Waals surface area contributed by atoms with E-state index in [4.69, 9.17) is 11.6 Å². The van der Waals surface area contributed by atoms with Gasteiger partial charge in [0.25, 0.3) is 5.91 Å². The predicted octanol–water partition coefficient (Wildman–Crippen LogP) is 2.79. The number of rotatable bonds is 3. The van der Waals surface area contributed by atoms with Crippen LogP contribution in [-0.4, -0.2) is 47.0 Å². The van der Waals surface area contributed by atoms with E-state index < -0.39 is 0 Å². The maximum atomic E-state index is 14.4. The van der Waals surface area contributed by atoms with Crippen molar-refractivity contribution in [3.8, 4) is 0 Å². The summed E-state index contributed by atoms with van der Waals surface area (Å²) in [5, 5.41) is 0.537. The Morgan fingerprint density at radius 1 is 1.25 bits per heavy atom. The molecule has 0 bridgehead atoms. The third-order valence-electron chi connectivity index (χ3n) is 4.12. The molecule has 24 heavy (non-hydrogen) atoms. The summed E-state index contributed by atoms with van der Waals surface area (Å²) in [6, 6.07) is 6.90. The monoisotopic (exact) mass is 348 g/mol. The van der Waals surface area contributed by atoms with Gasteiger partial charge in [-0.05, 0) is 24.6 Å². The van der Waals surface area contributed by atoms with Gasteiger partial charge in [0.05, 0.1) is 5.69 Å². The lowest BCUT2D eigenvalue weighted by Crippen LogP contribution is -2.49. The fourth-order valence-electron chi connectivity index (χ4n) is 2.79. The molecule has 2 heterocycles. The average Bonchev–Trinajstić information content (AvgIpc) is 2.61. The molecular weight excluding hydrogens is 331 g/mol. The van der Waals surface area contributed by atoms with Gasteiger partial charge >= 0.3 is 0 Å². The molecule has 1 amide bonds. The Labute approximate surface area is 145 Å². The normalized spacial score (nSPS) is 14.8. The van der Waals surface area contributed by atoms with Gasteiger partial charge < -0.3 is 9.80 Å². The molecule has 0 radical (unpaired) electrons. The molecule has 0 unspecified atom stereocenters. The zero-order valence-electron chi connectivity index (χ0n) is 13.4. The lowest BCUT2D eigenvalue weighted by molar-refractivity contribution is 0.0746. The number of carbonyl (C=O) groups excluding carboxylic acids is 1. The van der Waals surface area contributed by atoms with E-state index in [-0.39, 0.29) is 11.7 Å². The molecule has 1 fully saturated rings. The molecule has 0 saturated carbocycles. The summed E-state index contributed by atoms with van der Waals surface area (Å²) >= 11 is 5.94. The van der Waals surface area contributed by atoms with E-state index in [0.717, 1.165) is 0 Å². The van der Waals surface area contributed by atoms with Crippen molar-refractivity contribution < 1.29 is 9.18 Å². The Morgan fingerprint density at radius 2 is 2.00 bits per heavy atom. The fourth-order valence-corrected chi connectivity index (χ4v) is 2.98. The SMILES string of the molecule is CCc1ncnc(N2CCN(C(=O)c3cccc(Cl)c3)CC2)c1F. The van der Waals surface area contributed by atoms with Gasteiger partial charge in [0, 0.05) is 36.8 Å². The molecule has 126 valence electrons. The number of benzene rings is 1. The Bertz CT molecular complexity index is 747. The van der Waals surface area contributed by atoms with Crippen LogP contribution in [0.3, 0.4) is 0 Å². The maximum Gasteiger partial charge on any atom is 0.254 e. The molecule has 2 aromatic rings. The average molecular weight is 349 g/mol. The van der Waals surface area contributed by atoms with Crippen LogP contribution >= 0.6 is 11.6 Å². The number of piperazine rings is 1. The van der Waals surface area contributed by atoms with Crippen LogP contribution in [0, 0.1) is 5.82 Å². The molecule has 1 aromatic carbocycles. The molecule has 0 aliphatic carbocycles. The highest BCUT2D eigenvalue weighted by atomic mass is 35.5. The highest BCUT2D eigenvalue weighted by molar-refractivity contribution is 6.30. The van der Waals surface area contributed by atoms with Gasteiger partial charge in [-0.25, -0.2) is 14.4 Å². The standard InChI is InChI=1S/C17H18ClFN4O/c1-2-14-15(19)16(21-11-20-14)22-6-8-23(9-7-22)17(24)12-4-3-5-13(18)10-12/h3-5,10-11H,2,6-9H2,1H3. The van der Waals surface area contributed by atoms with E-state index in [1.807, 2.05) is 11.8 Å². The first-order valence-corrected chi connectivity index (χ1v) is 8.27. The van der Waals surface area contributed by atoms with Crippen molar-refractivity contribution in [2.45, 2.75) is 13.3 Å². The second kappa shape index (κ2) is 7.13. The summed E-state index contributed by atoms with van der Waals surface area (Å²) in [6.07, 6.45) is 1.91. The number of anilines is 1. The summed E-state index contributed by atoms with van der Waals surface area (Å²) in [7, 11) is 0. The van der Waals surface area contributed by atoms with E-state index in [2.05, 4.69) is 9.97 Å². The molecule has 1 saturated heterocycles. The number of amides is 1. The van der Waals surface area contributed by atoms with Crippen molar-refractivity contribution in [1.82, 2.24) is 14.9 Å². The number of hydrogen-bond donors (Lipinski definition) is 0. The summed E-state index contributed by atoms with van der Waals surface area (Å²) < 4.78 is 14.4. The van der Waals surface area contributed by atoms with Gasteiger partial charge in [0.15, 0.2) is 11.6 Å². The summed E-state index contributed by atoms with van der Waals surface area (Å²) in [6.45, 7) is 3.94. The molecule has 3 rings (SSSR count). The van der Waals surface area contributed by atoms with Gasteiger partial charge in [-0.1, -0.05) is 24.6 Å². The van der Waals surface area contributed by atoms with Crippen molar-refractivity contribution in [2.75, 3.05) is 31.1 Å². The topological polar surface area (TPSA) is 49.3 Å².